The number of benzene rings is 1. The summed E-state index contributed by atoms with van der Waals surface area (Å²) in [6, 6.07) is 8.30. The van der Waals surface area contributed by atoms with Crippen LogP contribution in [-0.2, 0) is 0 Å². The van der Waals surface area contributed by atoms with Gasteiger partial charge in [0.15, 0.2) is 0 Å². The fraction of sp³-hybridized carbons (Fsp3) is 0.100. The number of aromatic nitrogens is 1. The zero-order valence-corrected chi connectivity index (χ0v) is 6.74. The van der Waals surface area contributed by atoms with Crippen molar-refractivity contribution in [3.63, 3.8) is 0 Å². The summed E-state index contributed by atoms with van der Waals surface area (Å²) in [5, 5.41) is 0.750. The average molecular weight is 179 g/mol. The monoisotopic (exact) mass is 179 g/mol. The second-order valence-electron chi connectivity index (χ2n) is 2.72. The van der Waals surface area contributed by atoms with Crippen LogP contribution in [0.15, 0.2) is 36.5 Å². The third-order valence-corrected chi connectivity index (χ3v) is 1.90. The van der Waals surface area contributed by atoms with E-state index in [2.05, 4.69) is 4.98 Å². The number of hydrogen-bond donors (Lipinski definition) is 0. The summed E-state index contributed by atoms with van der Waals surface area (Å²) in [4.78, 5) is 3.92. The molecule has 0 saturated heterocycles. The van der Waals surface area contributed by atoms with Crippen molar-refractivity contribution >= 4 is 10.9 Å². The number of pyridine rings is 1. The zero-order valence-electron chi connectivity index (χ0n) is 6.74. The molecule has 0 saturated carbocycles. The average Bonchev–Trinajstić information content (AvgIpc) is 2.17. The Morgan fingerprint density at radius 1 is 1.08 bits per heavy atom. The van der Waals surface area contributed by atoms with Gasteiger partial charge in [-0.1, -0.05) is 24.3 Å². The van der Waals surface area contributed by atoms with Crippen LogP contribution in [-0.4, -0.2) is 4.98 Å². The Bertz CT molecular complexity index is 421. The topological polar surface area (TPSA) is 12.9 Å². The van der Waals surface area contributed by atoms with Gasteiger partial charge in [0, 0.05) is 17.1 Å². The van der Waals surface area contributed by atoms with Crippen molar-refractivity contribution in [2.24, 2.45) is 0 Å². The van der Waals surface area contributed by atoms with Crippen LogP contribution >= 0.6 is 0 Å². The number of halogens is 2. The van der Waals surface area contributed by atoms with Gasteiger partial charge in [0.2, 0.25) is 0 Å². The molecule has 0 amide bonds. The largest absolute Gasteiger partial charge is 0.265 e. The van der Waals surface area contributed by atoms with Gasteiger partial charge in [-0.05, 0) is 6.07 Å². The smallest absolute Gasteiger partial charge is 0.256 e. The lowest BCUT2D eigenvalue weighted by atomic mass is 10.1. The first kappa shape index (κ1) is 8.10. The molecule has 0 unspecified atom stereocenters. The second-order valence-corrected chi connectivity index (χ2v) is 2.72. The van der Waals surface area contributed by atoms with Crippen LogP contribution in [0.25, 0.3) is 10.9 Å². The number of alkyl halides is 2. The summed E-state index contributed by atoms with van der Waals surface area (Å²) >= 11 is 0. The van der Waals surface area contributed by atoms with Crippen molar-refractivity contribution in [1.82, 2.24) is 4.98 Å². The maximum atomic E-state index is 12.5. The molecule has 1 aromatic carbocycles. The van der Waals surface area contributed by atoms with E-state index in [1.54, 1.807) is 24.3 Å². The van der Waals surface area contributed by atoms with E-state index in [1.165, 1.54) is 12.3 Å². The molecule has 13 heavy (non-hydrogen) atoms. The summed E-state index contributed by atoms with van der Waals surface area (Å²) in [5.41, 5.74) is 0.387. The van der Waals surface area contributed by atoms with Gasteiger partial charge in [0.05, 0.1) is 5.52 Å². The normalized spacial score (nSPS) is 11.0. The summed E-state index contributed by atoms with van der Waals surface area (Å²) in [6.07, 6.45) is -0.938. The third kappa shape index (κ3) is 1.37. The van der Waals surface area contributed by atoms with Gasteiger partial charge in [0.25, 0.3) is 6.43 Å². The molecule has 66 valence electrons. The molecular weight excluding hydrogens is 172 g/mol. The highest BCUT2D eigenvalue weighted by Crippen LogP contribution is 2.25. The van der Waals surface area contributed by atoms with Crippen molar-refractivity contribution in [3.05, 3.63) is 42.1 Å². The molecule has 0 aliphatic rings. The molecule has 0 spiro atoms. The van der Waals surface area contributed by atoms with Crippen molar-refractivity contribution in [2.45, 2.75) is 6.43 Å². The molecule has 1 nitrogen and oxygen atoms in total. The number of para-hydroxylation sites is 1. The van der Waals surface area contributed by atoms with Gasteiger partial charge in [-0.3, -0.25) is 4.98 Å². The quantitative estimate of drug-likeness (QED) is 0.655. The lowest BCUT2D eigenvalue weighted by Gasteiger charge is -2.02. The van der Waals surface area contributed by atoms with Gasteiger partial charge in [-0.25, -0.2) is 8.78 Å². The van der Waals surface area contributed by atoms with Crippen LogP contribution in [0.4, 0.5) is 8.78 Å². The molecule has 0 N–H and O–H groups in total. The Hall–Kier alpha value is -1.51. The van der Waals surface area contributed by atoms with Gasteiger partial charge < -0.3 is 0 Å². The number of fused-ring (bicyclic) bond motifs is 1. The van der Waals surface area contributed by atoms with Crippen molar-refractivity contribution < 1.29 is 8.78 Å². The molecule has 0 radical (unpaired) electrons. The van der Waals surface area contributed by atoms with Gasteiger partial charge in [-0.2, -0.15) is 0 Å². The molecule has 0 atom stereocenters. The highest BCUT2D eigenvalue weighted by Gasteiger charge is 2.10. The van der Waals surface area contributed by atoms with Crippen LogP contribution in [0.1, 0.15) is 12.0 Å². The number of nitrogens with zero attached hydrogens (tertiary/aromatic N) is 1. The van der Waals surface area contributed by atoms with Crippen LogP contribution < -0.4 is 0 Å². The van der Waals surface area contributed by atoms with E-state index in [-0.39, 0.29) is 5.56 Å². The van der Waals surface area contributed by atoms with Crippen LogP contribution in [0.5, 0.6) is 0 Å². The Balaban J connectivity index is 2.76. The van der Waals surface area contributed by atoms with Crippen molar-refractivity contribution in [2.75, 3.05) is 0 Å². The first-order valence-electron chi connectivity index (χ1n) is 3.91. The Kier molecular flexibility index (Phi) is 1.93. The highest BCUT2D eigenvalue weighted by molar-refractivity contribution is 5.81. The standard InChI is InChI=1S/C10H7F2N/c11-10(12)8-5-1-3-7-4-2-6-13-9(7)8/h1-6,10H. The van der Waals surface area contributed by atoms with E-state index in [1.807, 2.05) is 0 Å². The summed E-state index contributed by atoms with van der Waals surface area (Å²) in [6.45, 7) is 0. The van der Waals surface area contributed by atoms with Crippen LogP contribution in [0.3, 0.4) is 0 Å². The predicted molar refractivity (Wildman–Crippen MR) is 46.7 cm³/mol. The number of hydrogen-bond acceptors (Lipinski definition) is 1. The minimum atomic E-state index is -2.46. The summed E-state index contributed by atoms with van der Waals surface area (Å²) in [7, 11) is 0. The molecule has 0 aliphatic carbocycles. The SMILES string of the molecule is FC(F)c1cccc2cccnc12. The molecule has 0 aliphatic heterocycles. The van der Waals surface area contributed by atoms with E-state index in [9.17, 15) is 8.78 Å². The first-order valence-corrected chi connectivity index (χ1v) is 3.91. The molecule has 2 rings (SSSR count). The first-order chi connectivity index (χ1) is 6.29. The highest BCUT2D eigenvalue weighted by atomic mass is 19.3. The minimum Gasteiger partial charge on any atom is -0.256 e. The molecule has 3 heteroatoms. The molecule has 0 bridgehead atoms. The molecule has 1 heterocycles. The molecule has 2 aromatic rings. The van der Waals surface area contributed by atoms with Gasteiger partial charge in [0.1, 0.15) is 0 Å². The Morgan fingerprint density at radius 2 is 1.85 bits per heavy atom. The molecular formula is C10H7F2N. The Labute approximate surface area is 74.0 Å². The fourth-order valence-corrected chi connectivity index (χ4v) is 1.30. The maximum Gasteiger partial charge on any atom is 0.265 e. The summed E-state index contributed by atoms with van der Waals surface area (Å²) < 4.78 is 24.9. The van der Waals surface area contributed by atoms with E-state index >= 15 is 0 Å². The predicted octanol–water partition coefficient (Wildman–Crippen LogP) is 3.17. The summed E-state index contributed by atoms with van der Waals surface area (Å²) in [5.74, 6) is 0. The van der Waals surface area contributed by atoms with Crippen molar-refractivity contribution in [1.29, 1.82) is 0 Å². The van der Waals surface area contributed by atoms with E-state index < -0.39 is 6.43 Å². The van der Waals surface area contributed by atoms with E-state index in [4.69, 9.17) is 0 Å². The van der Waals surface area contributed by atoms with E-state index in [0.29, 0.717) is 5.52 Å². The van der Waals surface area contributed by atoms with Gasteiger partial charge in [-0.15, -0.1) is 0 Å². The number of rotatable bonds is 1. The maximum absolute atomic E-state index is 12.5. The lowest BCUT2D eigenvalue weighted by Crippen LogP contribution is -1.88. The molecule has 0 fully saturated rings. The van der Waals surface area contributed by atoms with Crippen LogP contribution in [0, 0.1) is 0 Å². The van der Waals surface area contributed by atoms with E-state index in [0.717, 1.165) is 5.39 Å². The fourth-order valence-electron chi connectivity index (χ4n) is 1.30. The van der Waals surface area contributed by atoms with Gasteiger partial charge >= 0.3 is 0 Å². The Morgan fingerprint density at radius 3 is 2.62 bits per heavy atom. The third-order valence-electron chi connectivity index (χ3n) is 1.90. The second kappa shape index (κ2) is 3.09. The zero-order chi connectivity index (χ0) is 9.26. The van der Waals surface area contributed by atoms with Crippen molar-refractivity contribution in [3.8, 4) is 0 Å². The minimum absolute atomic E-state index is 0.00176. The lowest BCUT2D eigenvalue weighted by molar-refractivity contribution is 0.153. The van der Waals surface area contributed by atoms with Crippen LogP contribution in [0.2, 0.25) is 0 Å². The molecule has 1 aromatic heterocycles.